The molecule has 8 heteroatoms. The number of para-hydroxylation sites is 1. The van der Waals surface area contributed by atoms with Crippen LogP contribution >= 0.6 is 11.6 Å². The van der Waals surface area contributed by atoms with Gasteiger partial charge in [0.05, 0.1) is 11.4 Å². The number of amides is 2. The molecule has 1 aliphatic carbocycles. The number of halogens is 1. The third kappa shape index (κ3) is 5.82. The van der Waals surface area contributed by atoms with Crippen molar-refractivity contribution >= 4 is 29.5 Å². The Morgan fingerprint density at radius 2 is 1.66 bits per heavy atom. The highest BCUT2D eigenvalue weighted by atomic mass is 35.5. The van der Waals surface area contributed by atoms with Crippen LogP contribution in [0.5, 0.6) is 5.75 Å². The predicted octanol–water partition coefficient (Wildman–Crippen LogP) is 7.70. The lowest BCUT2D eigenvalue weighted by Crippen LogP contribution is -2.49. The van der Waals surface area contributed by atoms with Crippen LogP contribution < -0.4 is 4.74 Å². The van der Waals surface area contributed by atoms with E-state index < -0.39 is 5.91 Å². The smallest absolute Gasteiger partial charge is 0.271 e. The van der Waals surface area contributed by atoms with E-state index in [9.17, 15) is 14.9 Å². The zero-order valence-electron chi connectivity index (χ0n) is 24.4. The summed E-state index contributed by atoms with van der Waals surface area (Å²) in [5, 5.41) is 15.5. The van der Waals surface area contributed by atoms with Crippen LogP contribution in [0.4, 0.5) is 0 Å². The molecular formula is C36H31ClN4O3. The summed E-state index contributed by atoms with van der Waals surface area (Å²) in [7, 11) is 0. The Kier molecular flexibility index (Phi) is 8.44. The molecule has 1 aliphatic heterocycles. The van der Waals surface area contributed by atoms with Crippen LogP contribution in [-0.2, 0) is 16.2 Å². The maximum absolute atomic E-state index is 13.9. The molecule has 0 bridgehead atoms. The third-order valence-electron chi connectivity index (χ3n) is 8.26. The first kappa shape index (κ1) is 29.2. The molecular weight excluding hydrogens is 572 g/mol. The van der Waals surface area contributed by atoms with E-state index in [0.29, 0.717) is 39.8 Å². The standard InChI is InChI=1S/C36H31ClN4O3/c1-24-31(35(42)41(36(43)32(24)21-38)29-13-6-3-7-14-29)20-27-22-40(28-11-4-2-5-12-28)39-34(27)25-16-18-30(19-17-25)44-23-26-10-8-9-15-33(26)37/h2,4-5,8-12,15-20,22,29H,3,6-7,13-14,23H2,1H3/b31-20+. The van der Waals surface area contributed by atoms with E-state index >= 15 is 0 Å². The molecule has 0 radical (unpaired) electrons. The van der Waals surface area contributed by atoms with Gasteiger partial charge in [0.15, 0.2) is 0 Å². The van der Waals surface area contributed by atoms with Gasteiger partial charge in [-0.1, -0.05) is 67.3 Å². The molecule has 2 heterocycles. The Hall–Kier alpha value is -4.93. The van der Waals surface area contributed by atoms with Crippen molar-refractivity contribution in [1.29, 1.82) is 5.26 Å². The molecule has 3 aromatic carbocycles. The number of imide groups is 1. The van der Waals surface area contributed by atoms with Crippen molar-refractivity contribution in [1.82, 2.24) is 14.7 Å². The van der Waals surface area contributed by atoms with E-state index in [0.717, 1.165) is 48.9 Å². The van der Waals surface area contributed by atoms with Crippen LogP contribution in [0, 0.1) is 11.3 Å². The first-order chi connectivity index (χ1) is 21.4. The molecule has 220 valence electrons. The molecule has 6 rings (SSSR count). The number of rotatable bonds is 7. The van der Waals surface area contributed by atoms with Gasteiger partial charge in [-0.2, -0.15) is 10.4 Å². The van der Waals surface area contributed by atoms with Crippen molar-refractivity contribution in [3.05, 3.63) is 118 Å². The molecule has 7 nitrogen and oxygen atoms in total. The average Bonchev–Trinajstić information content (AvgIpc) is 3.48. The second-order valence-corrected chi connectivity index (χ2v) is 11.5. The summed E-state index contributed by atoms with van der Waals surface area (Å²) in [4.78, 5) is 28.6. The lowest BCUT2D eigenvalue weighted by Gasteiger charge is -2.36. The zero-order chi connectivity index (χ0) is 30.6. The average molecular weight is 603 g/mol. The second-order valence-electron chi connectivity index (χ2n) is 11.1. The van der Waals surface area contributed by atoms with Crippen molar-refractivity contribution in [3.63, 3.8) is 0 Å². The van der Waals surface area contributed by atoms with Gasteiger partial charge in [0.2, 0.25) is 0 Å². The molecule has 0 atom stereocenters. The maximum Gasteiger partial charge on any atom is 0.271 e. The Morgan fingerprint density at radius 1 is 0.955 bits per heavy atom. The summed E-state index contributed by atoms with van der Waals surface area (Å²) in [6, 6.07) is 26.7. The van der Waals surface area contributed by atoms with E-state index in [1.165, 1.54) is 4.90 Å². The number of carbonyl (C=O) groups excluding carboxylic acids is 2. The van der Waals surface area contributed by atoms with E-state index in [-0.39, 0.29) is 17.5 Å². The van der Waals surface area contributed by atoms with E-state index in [1.54, 1.807) is 17.7 Å². The highest BCUT2D eigenvalue weighted by Gasteiger charge is 2.40. The van der Waals surface area contributed by atoms with Crippen LogP contribution in [-0.4, -0.2) is 32.5 Å². The molecule has 2 aliphatic rings. The van der Waals surface area contributed by atoms with Crippen molar-refractivity contribution in [2.75, 3.05) is 0 Å². The van der Waals surface area contributed by atoms with Gasteiger partial charge in [0, 0.05) is 39.5 Å². The van der Waals surface area contributed by atoms with Crippen LogP contribution in [0.2, 0.25) is 5.02 Å². The molecule has 0 N–H and O–H groups in total. The van der Waals surface area contributed by atoms with Crippen LogP contribution in [0.15, 0.2) is 102 Å². The van der Waals surface area contributed by atoms with E-state index in [1.807, 2.05) is 85.1 Å². The summed E-state index contributed by atoms with van der Waals surface area (Å²) in [5.74, 6) is -0.177. The third-order valence-corrected chi connectivity index (χ3v) is 8.62. The molecule has 1 fully saturated rings. The largest absolute Gasteiger partial charge is 0.489 e. The molecule has 0 unspecified atom stereocenters. The van der Waals surface area contributed by atoms with Crippen molar-refractivity contribution < 1.29 is 14.3 Å². The number of hydrogen-bond donors (Lipinski definition) is 0. The number of ether oxygens (including phenoxy) is 1. The first-order valence-electron chi connectivity index (χ1n) is 14.8. The number of nitrogens with zero attached hydrogens (tertiary/aromatic N) is 4. The fraction of sp³-hybridized carbons (Fsp3) is 0.222. The van der Waals surface area contributed by atoms with Gasteiger partial charge < -0.3 is 4.74 Å². The summed E-state index contributed by atoms with van der Waals surface area (Å²) < 4.78 is 7.75. The summed E-state index contributed by atoms with van der Waals surface area (Å²) >= 11 is 6.28. The number of benzene rings is 3. The lowest BCUT2D eigenvalue weighted by atomic mass is 9.88. The number of aromatic nitrogens is 2. The summed E-state index contributed by atoms with van der Waals surface area (Å²) in [6.07, 6.45) is 8.14. The van der Waals surface area contributed by atoms with Gasteiger partial charge in [-0.25, -0.2) is 4.68 Å². The fourth-order valence-corrected chi connectivity index (χ4v) is 6.03. The number of hydrogen-bond acceptors (Lipinski definition) is 5. The maximum atomic E-state index is 13.9. The SMILES string of the molecule is CC1=C(C#N)C(=O)N(C2CCCCC2)C(=O)/C1=C/c1cn(-c2ccccc2)nc1-c1ccc(OCc2ccccc2Cl)cc1. The van der Waals surface area contributed by atoms with Crippen molar-refractivity contribution in [2.45, 2.75) is 51.7 Å². The van der Waals surface area contributed by atoms with Crippen LogP contribution in [0.1, 0.15) is 50.2 Å². The molecule has 4 aromatic rings. The molecule has 2 amide bonds. The first-order valence-corrected chi connectivity index (χ1v) is 15.1. The molecule has 44 heavy (non-hydrogen) atoms. The van der Waals surface area contributed by atoms with Gasteiger partial charge in [0.1, 0.15) is 24.0 Å². The minimum atomic E-state index is -0.494. The molecule has 1 saturated carbocycles. The minimum absolute atomic E-state index is 0.0124. The predicted molar refractivity (Wildman–Crippen MR) is 170 cm³/mol. The second kappa shape index (κ2) is 12.7. The quantitative estimate of drug-likeness (QED) is 0.160. The molecule has 1 aromatic heterocycles. The van der Waals surface area contributed by atoms with E-state index in [2.05, 4.69) is 6.07 Å². The highest BCUT2D eigenvalue weighted by Crippen LogP contribution is 2.35. The van der Waals surface area contributed by atoms with Gasteiger partial charge in [-0.15, -0.1) is 0 Å². The Labute approximate surface area is 261 Å². The normalized spacial score (nSPS) is 16.8. The fourth-order valence-electron chi connectivity index (χ4n) is 5.84. The zero-order valence-corrected chi connectivity index (χ0v) is 25.1. The minimum Gasteiger partial charge on any atom is -0.489 e. The lowest BCUT2D eigenvalue weighted by molar-refractivity contribution is -0.143. The topological polar surface area (TPSA) is 88.2 Å². The van der Waals surface area contributed by atoms with Crippen molar-refractivity contribution in [3.8, 4) is 28.8 Å². The van der Waals surface area contributed by atoms with Gasteiger partial charge >= 0.3 is 0 Å². The highest BCUT2D eigenvalue weighted by molar-refractivity contribution is 6.31. The Bertz CT molecular complexity index is 1810. The van der Waals surface area contributed by atoms with E-state index in [4.69, 9.17) is 21.4 Å². The summed E-state index contributed by atoms with van der Waals surface area (Å²) in [5.41, 5.74) is 4.65. The van der Waals surface area contributed by atoms with Crippen LogP contribution in [0.3, 0.4) is 0 Å². The molecule has 0 spiro atoms. The van der Waals surface area contributed by atoms with Gasteiger partial charge in [-0.3, -0.25) is 14.5 Å². The van der Waals surface area contributed by atoms with Crippen LogP contribution in [0.25, 0.3) is 23.0 Å². The Balaban J connectivity index is 1.39. The Morgan fingerprint density at radius 3 is 2.36 bits per heavy atom. The van der Waals surface area contributed by atoms with Gasteiger partial charge in [-0.05, 0) is 73.9 Å². The summed E-state index contributed by atoms with van der Waals surface area (Å²) in [6.45, 7) is 2.01. The number of carbonyl (C=O) groups is 2. The monoisotopic (exact) mass is 602 g/mol. The number of nitriles is 1. The van der Waals surface area contributed by atoms with Crippen molar-refractivity contribution in [2.24, 2.45) is 0 Å². The molecule has 0 saturated heterocycles. The van der Waals surface area contributed by atoms with Gasteiger partial charge in [0.25, 0.3) is 11.8 Å².